The van der Waals surface area contributed by atoms with Gasteiger partial charge in [0.15, 0.2) is 0 Å². The molecule has 0 radical (unpaired) electrons. The van der Waals surface area contributed by atoms with Gasteiger partial charge in [0.05, 0.1) is 22.8 Å². The Morgan fingerprint density at radius 3 is 1.07 bits per heavy atom. The molecule has 4 aromatic carbocycles. The van der Waals surface area contributed by atoms with Crippen molar-refractivity contribution in [2.75, 3.05) is 0 Å². The molecular weight excluding hydrogens is 517 g/mol. The molecule has 0 aliphatic heterocycles. The summed E-state index contributed by atoms with van der Waals surface area (Å²) in [4.78, 5) is 10.3. The highest BCUT2D eigenvalue weighted by Crippen LogP contribution is 2.22. The predicted octanol–water partition coefficient (Wildman–Crippen LogP) is 9.09. The lowest BCUT2D eigenvalue weighted by atomic mass is 9.99. The van der Waals surface area contributed by atoms with Crippen LogP contribution in [0.15, 0.2) is 119 Å². The minimum Gasteiger partial charge on any atom is -0.246 e. The van der Waals surface area contributed by atoms with Crippen molar-refractivity contribution in [1.82, 2.24) is 0 Å². The fraction of sp³-hybridized carbons (Fsp3) is 0.167. The molecule has 4 rings (SSSR count). The third-order valence-electron chi connectivity index (χ3n) is 5.70. The van der Waals surface area contributed by atoms with Crippen LogP contribution in [0.4, 0.5) is 11.4 Å². The van der Waals surface area contributed by atoms with Gasteiger partial charge in [-0.1, -0.05) is 112 Å². The van der Waals surface area contributed by atoms with Gasteiger partial charge >= 0.3 is 0 Å². The van der Waals surface area contributed by atoms with Crippen LogP contribution >= 0.6 is 0 Å². The number of nitrogens with zero attached hydrogens (tertiary/aromatic N) is 2. The average Bonchev–Trinajstić information content (AvgIpc) is 2.94. The average molecular weight is 553 g/mol. The summed E-state index contributed by atoms with van der Waals surface area (Å²) in [5.41, 5.74) is 14.3. The monoisotopic (exact) mass is 552 g/mol. The van der Waals surface area contributed by atoms with E-state index in [1.807, 2.05) is 84.9 Å². The van der Waals surface area contributed by atoms with Crippen molar-refractivity contribution in [3.05, 3.63) is 131 Å². The van der Waals surface area contributed by atoms with E-state index in [1.165, 1.54) is 0 Å². The quantitative estimate of drug-likeness (QED) is 0.134. The summed E-state index contributed by atoms with van der Waals surface area (Å²) in [5.74, 6) is 6.66. The first-order valence-electron chi connectivity index (χ1n) is 13.6. The highest BCUT2D eigenvalue weighted by atomic mass is 28.3. The molecule has 40 heavy (non-hydrogen) atoms. The van der Waals surface area contributed by atoms with Gasteiger partial charge < -0.3 is 0 Å². The number of rotatable bonds is 5. The third kappa shape index (κ3) is 8.92. The molecule has 0 aromatic heterocycles. The molecule has 0 saturated heterocycles. The van der Waals surface area contributed by atoms with E-state index < -0.39 is 16.1 Å². The van der Waals surface area contributed by atoms with Gasteiger partial charge in [0.25, 0.3) is 0 Å². The van der Waals surface area contributed by atoms with Crippen LogP contribution in [0.3, 0.4) is 0 Å². The first kappa shape index (κ1) is 28.8. The molecule has 4 heteroatoms. The zero-order chi connectivity index (χ0) is 28.6. The molecule has 0 aliphatic rings. The molecule has 0 heterocycles. The first-order valence-corrected chi connectivity index (χ1v) is 20.6. The van der Waals surface area contributed by atoms with Gasteiger partial charge in [0.1, 0.15) is 16.1 Å². The minimum atomic E-state index is -1.44. The molecule has 2 nitrogen and oxygen atoms in total. The normalized spacial score (nSPS) is 12.2. The smallest absolute Gasteiger partial charge is 0.129 e. The Hall–Kier alpha value is -4.23. The van der Waals surface area contributed by atoms with E-state index in [-0.39, 0.29) is 0 Å². The van der Waals surface area contributed by atoms with Crippen LogP contribution in [0.5, 0.6) is 0 Å². The lowest BCUT2D eigenvalue weighted by Crippen LogP contribution is -2.17. The van der Waals surface area contributed by atoms with E-state index in [4.69, 9.17) is 9.98 Å². The molecule has 0 bridgehead atoms. The van der Waals surface area contributed by atoms with Crippen molar-refractivity contribution in [3.8, 4) is 22.9 Å². The molecule has 0 N–H and O–H groups in total. The van der Waals surface area contributed by atoms with E-state index in [0.29, 0.717) is 0 Å². The number of benzene rings is 4. The summed E-state index contributed by atoms with van der Waals surface area (Å²) in [5, 5.41) is 0. The fourth-order valence-electron chi connectivity index (χ4n) is 3.72. The Labute approximate surface area is 242 Å². The van der Waals surface area contributed by atoms with Gasteiger partial charge in [-0.2, -0.15) is 0 Å². The van der Waals surface area contributed by atoms with E-state index in [1.54, 1.807) is 0 Å². The molecule has 4 aromatic rings. The highest BCUT2D eigenvalue weighted by molar-refractivity contribution is 6.84. The Morgan fingerprint density at radius 2 is 0.775 bits per heavy atom. The van der Waals surface area contributed by atoms with Crippen LogP contribution in [0.1, 0.15) is 22.3 Å². The molecule has 198 valence electrons. The lowest BCUT2D eigenvalue weighted by molar-refractivity contribution is 1.46. The topological polar surface area (TPSA) is 24.7 Å². The molecule has 0 atom stereocenters. The second-order valence-electron chi connectivity index (χ2n) is 11.7. The van der Waals surface area contributed by atoms with E-state index in [2.05, 4.69) is 86.5 Å². The summed E-state index contributed by atoms with van der Waals surface area (Å²) in [6.07, 6.45) is 0. The number of aliphatic imine (C=N–C) groups is 2. The van der Waals surface area contributed by atoms with Gasteiger partial charge in [0, 0.05) is 22.3 Å². The van der Waals surface area contributed by atoms with Crippen LogP contribution in [0, 0.1) is 22.9 Å². The van der Waals surface area contributed by atoms with Gasteiger partial charge in [-0.25, -0.2) is 9.98 Å². The molecule has 0 fully saturated rings. The van der Waals surface area contributed by atoms with Crippen LogP contribution in [-0.2, 0) is 0 Å². The van der Waals surface area contributed by atoms with Gasteiger partial charge in [0.2, 0.25) is 0 Å². The number of hydrogen-bond donors (Lipinski definition) is 0. The Morgan fingerprint density at radius 1 is 0.450 bits per heavy atom. The van der Waals surface area contributed by atoms with E-state index >= 15 is 0 Å². The Balaban J connectivity index is 1.81. The van der Waals surface area contributed by atoms with Crippen LogP contribution in [-0.4, -0.2) is 27.6 Å². The maximum Gasteiger partial charge on any atom is 0.129 e. The van der Waals surface area contributed by atoms with Gasteiger partial charge in [-0.3, -0.25) is 0 Å². The molecule has 0 aliphatic carbocycles. The van der Waals surface area contributed by atoms with Crippen molar-refractivity contribution in [2.45, 2.75) is 39.3 Å². The lowest BCUT2D eigenvalue weighted by Gasteiger charge is -2.12. The van der Waals surface area contributed by atoms with Crippen molar-refractivity contribution in [3.63, 3.8) is 0 Å². The standard InChI is InChI=1S/C36H36N2Si2/c1-39(2,3)27-25-29-17-21-33(22-18-29)37-35(31-13-9-7-10-14-31)36(32-15-11-8-12-16-32)38-34-23-19-30(20-24-34)26-28-40(4,5)6/h7-24H,1-6H3. The maximum atomic E-state index is 5.15. The molecular formula is C36H36N2Si2. The molecule has 0 saturated carbocycles. The van der Waals surface area contributed by atoms with E-state index in [0.717, 1.165) is 45.1 Å². The van der Waals surface area contributed by atoms with Crippen molar-refractivity contribution in [2.24, 2.45) is 9.98 Å². The van der Waals surface area contributed by atoms with Crippen molar-refractivity contribution < 1.29 is 0 Å². The molecule has 0 spiro atoms. The second-order valence-corrected chi connectivity index (χ2v) is 21.2. The maximum absolute atomic E-state index is 5.15. The largest absolute Gasteiger partial charge is 0.246 e. The van der Waals surface area contributed by atoms with Crippen molar-refractivity contribution >= 4 is 38.9 Å². The highest BCUT2D eigenvalue weighted by Gasteiger charge is 2.15. The predicted molar refractivity (Wildman–Crippen MR) is 179 cm³/mol. The number of hydrogen-bond acceptors (Lipinski definition) is 2. The summed E-state index contributed by atoms with van der Waals surface area (Å²) >= 11 is 0. The molecule has 0 amide bonds. The van der Waals surface area contributed by atoms with Crippen molar-refractivity contribution in [1.29, 1.82) is 0 Å². The summed E-state index contributed by atoms with van der Waals surface area (Å²) < 4.78 is 0. The SMILES string of the molecule is C[Si](C)(C)C#Cc1ccc(N=C(C(=Nc2ccc(C#C[Si](C)(C)C)cc2)c2ccccc2)c2ccccc2)cc1. The third-order valence-corrected chi connectivity index (χ3v) is 7.45. The Kier molecular flexibility index (Phi) is 9.17. The zero-order valence-corrected chi connectivity index (χ0v) is 26.3. The van der Waals surface area contributed by atoms with Crippen LogP contribution < -0.4 is 0 Å². The van der Waals surface area contributed by atoms with Gasteiger partial charge in [-0.15, -0.1) is 11.1 Å². The second kappa shape index (κ2) is 12.8. The minimum absolute atomic E-state index is 0.815. The first-order chi connectivity index (χ1) is 19.1. The fourth-order valence-corrected chi connectivity index (χ4v) is 4.76. The molecule has 0 unspecified atom stereocenters. The zero-order valence-electron chi connectivity index (χ0n) is 24.3. The Bertz CT molecular complexity index is 1490. The summed E-state index contributed by atoms with van der Waals surface area (Å²) in [6.45, 7) is 13.5. The van der Waals surface area contributed by atoms with Crippen LogP contribution in [0.2, 0.25) is 39.3 Å². The van der Waals surface area contributed by atoms with Gasteiger partial charge in [-0.05, 0) is 48.5 Å². The van der Waals surface area contributed by atoms with E-state index in [9.17, 15) is 0 Å². The van der Waals surface area contributed by atoms with Crippen LogP contribution in [0.25, 0.3) is 0 Å². The summed E-state index contributed by atoms with van der Waals surface area (Å²) in [6, 6.07) is 36.9. The summed E-state index contributed by atoms with van der Waals surface area (Å²) in [7, 11) is -2.88.